The molecule has 1 unspecified atom stereocenters. The molecule has 0 aromatic heterocycles. The van der Waals surface area contributed by atoms with Gasteiger partial charge in [-0.05, 0) is 28.8 Å². The van der Waals surface area contributed by atoms with E-state index in [0.29, 0.717) is 6.42 Å². The molecule has 0 radical (unpaired) electrons. The first-order valence-electron chi connectivity index (χ1n) is 7.49. The third-order valence-corrected chi connectivity index (χ3v) is 6.05. The number of urea groups is 1. The zero-order valence-electron chi connectivity index (χ0n) is 12.9. The maximum Gasteiger partial charge on any atom is 0.333 e. The third-order valence-electron chi connectivity index (χ3n) is 3.95. The van der Waals surface area contributed by atoms with Crippen LogP contribution in [0.2, 0.25) is 0 Å². The smallest absolute Gasteiger partial charge is 0.333 e. The number of hydrogen-bond donors (Lipinski definition) is 5. The summed E-state index contributed by atoms with van der Waals surface area (Å²) >= 11 is 4.71. The number of nitrogens with one attached hydrogen (secondary N) is 3. The number of nitrogens with zero attached hydrogens (tertiary/aromatic N) is 1. The van der Waals surface area contributed by atoms with Gasteiger partial charge in [-0.2, -0.15) is 17.3 Å². The van der Waals surface area contributed by atoms with Gasteiger partial charge in [-0.15, -0.1) is 0 Å². The van der Waals surface area contributed by atoms with Gasteiger partial charge in [-0.3, -0.25) is 20.9 Å². The average Bonchev–Trinajstić information content (AvgIpc) is 3.08. The van der Waals surface area contributed by atoms with E-state index >= 15 is 0 Å². The number of rotatable bonds is 8. The van der Waals surface area contributed by atoms with Gasteiger partial charge in [-0.25, -0.2) is 15.6 Å². The van der Waals surface area contributed by atoms with Crippen molar-refractivity contribution in [1.29, 1.82) is 0 Å². The van der Waals surface area contributed by atoms with E-state index in [4.69, 9.17) is 16.4 Å². The third kappa shape index (κ3) is 4.51. The predicted molar refractivity (Wildman–Crippen MR) is 91.1 cm³/mol. The van der Waals surface area contributed by atoms with Crippen molar-refractivity contribution in [2.24, 2.45) is 11.7 Å². The van der Waals surface area contributed by atoms with Crippen molar-refractivity contribution in [2.45, 2.75) is 48.0 Å². The van der Waals surface area contributed by atoms with Crippen molar-refractivity contribution in [2.75, 3.05) is 5.75 Å². The highest BCUT2D eigenvalue weighted by atomic mass is 79.9. The summed E-state index contributed by atoms with van der Waals surface area (Å²) in [6.07, 6.45) is 2.50. The molecule has 4 atom stereocenters. The van der Waals surface area contributed by atoms with E-state index < -0.39 is 16.9 Å². The second-order valence-electron chi connectivity index (χ2n) is 5.48. The largest absolute Gasteiger partial charge is 0.440 e. The number of thioether (sulfide) groups is 1. The Labute approximate surface area is 151 Å². The lowest BCUT2D eigenvalue weighted by atomic mass is 10.0. The molecule has 2 aliphatic rings. The number of fused-ring (bicyclic) bond motifs is 1. The van der Waals surface area contributed by atoms with Crippen LogP contribution >= 0.6 is 27.7 Å². The number of esters is 1. The van der Waals surface area contributed by atoms with Gasteiger partial charge in [-0.1, -0.05) is 6.42 Å². The zero-order chi connectivity index (χ0) is 17.7. The Hall–Kier alpha value is -1.08. The Morgan fingerprint density at radius 1 is 1.46 bits per heavy atom. The maximum atomic E-state index is 11.7. The van der Waals surface area contributed by atoms with Crippen molar-refractivity contribution in [3.8, 4) is 0 Å². The molecule has 0 aromatic rings. The van der Waals surface area contributed by atoms with Gasteiger partial charge < -0.3 is 10.1 Å². The molecule has 24 heavy (non-hydrogen) atoms. The lowest BCUT2D eigenvalue weighted by molar-refractivity contribution is -0.150. The Balaban J connectivity index is 1.68. The maximum absolute atomic E-state index is 11.7. The van der Waals surface area contributed by atoms with Crippen LogP contribution in [0.3, 0.4) is 0 Å². The second kappa shape index (κ2) is 8.85. The van der Waals surface area contributed by atoms with Gasteiger partial charge in [0.15, 0.2) is 0 Å². The van der Waals surface area contributed by atoms with E-state index in [1.54, 1.807) is 11.8 Å². The summed E-state index contributed by atoms with van der Waals surface area (Å²) in [6.45, 7) is 0. The molecule has 2 aliphatic heterocycles. The summed E-state index contributed by atoms with van der Waals surface area (Å²) in [4.78, 5) is 34.5. The minimum Gasteiger partial charge on any atom is -0.440 e. The summed E-state index contributed by atoms with van der Waals surface area (Å²) in [5.41, 5.74) is 4.33. The first kappa shape index (κ1) is 19.2. The van der Waals surface area contributed by atoms with Crippen molar-refractivity contribution in [1.82, 2.24) is 21.3 Å². The highest BCUT2D eigenvalue weighted by molar-refractivity contribution is 9.09. The van der Waals surface area contributed by atoms with E-state index in [-0.39, 0.29) is 29.8 Å². The van der Waals surface area contributed by atoms with Gasteiger partial charge in [0.25, 0.3) is 5.91 Å². The lowest BCUT2D eigenvalue weighted by Gasteiger charge is -2.25. The number of ether oxygens (including phenoxy) is 1. The van der Waals surface area contributed by atoms with Crippen LogP contribution in [0.5, 0.6) is 0 Å². The zero-order valence-corrected chi connectivity index (χ0v) is 15.3. The number of carbonyl (C=O) groups is 3. The molecular weight excluding hydrogens is 404 g/mol. The van der Waals surface area contributed by atoms with Crippen molar-refractivity contribution in [3.63, 3.8) is 0 Å². The quantitative estimate of drug-likeness (QED) is 0.0636. The predicted octanol–water partition coefficient (Wildman–Crippen LogP) is -0.943. The number of unbranched alkanes of at least 4 members (excludes halogenated alkanes) is 1. The van der Waals surface area contributed by atoms with E-state index in [0.717, 1.165) is 18.6 Å². The van der Waals surface area contributed by atoms with Gasteiger partial charge in [0.05, 0.1) is 12.1 Å². The summed E-state index contributed by atoms with van der Waals surface area (Å²) < 4.78 is 4.88. The lowest BCUT2D eigenvalue weighted by Crippen LogP contribution is -2.52. The van der Waals surface area contributed by atoms with Crippen LogP contribution in [0.25, 0.3) is 0 Å². The highest BCUT2D eigenvalue weighted by Gasteiger charge is 2.48. The highest BCUT2D eigenvalue weighted by Crippen LogP contribution is 2.36. The number of hydrogen-bond acceptors (Lipinski definition) is 8. The van der Waals surface area contributed by atoms with Crippen LogP contribution in [0.4, 0.5) is 4.79 Å². The number of carbonyl (C=O) groups excluding carboxylic acids is 3. The fraction of sp³-hybridized carbons (Fsp3) is 0.750. The molecule has 2 rings (SSSR count). The summed E-state index contributed by atoms with van der Waals surface area (Å²) in [7, 11) is 0. The summed E-state index contributed by atoms with van der Waals surface area (Å²) in [5, 5.41) is 3.50. The number of amides is 3. The van der Waals surface area contributed by atoms with Gasteiger partial charge in [0, 0.05) is 17.4 Å². The molecule has 2 saturated heterocycles. The topological polar surface area (TPSA) is 152 Å². The van der Waals surface area contributed by atoms with Gasteiger partial charge in [0.2, 0.25) is 5.01 Å². The van der Waals surface area contributed by atoms with Crippen LogP contribution in [0.15, 0.2) is 0 Å². The fourth-order valence-electron chi connectivity index (χ4n) is 2.83. The van der Waals surface area contributed by atoms with Crippen molar-refractivity contribution in [3.05, 3.63) is 0 Å². The first-order valence-corrected chi connectivity index (χ1v) is 9.46. The van der Waals surface area contributed by atoms with Crippen molar-refractivity contribution < 1.29 is 19.1 Å². The molecule has 0 saturated carbocycles. The molecule has 0 spiro atoms. The summed E-state index contributed by atoms with van der Waals surface area (Å²) in [5.74, 6) is 10.1. The van der Waals surface area contributed by atoms with E-state index in [1.807, 2.05) is 5.43 Å². The van der Waals surface area contributed by atoms with Gasteiger partial charge >= 0.3 is 12.0 Å². The van der Waals surface area contributed by atoms with Crippen LogP contribution in [-0.4, -0.2) is 51.0 Å². The minimum atomic E-state index is -1.08. The molecular formula is C12H21BrN6O4S. The monoisotopic (exact) mass is 424 g/mol. The van der Waals surface area contributed by atoms with Gasteiger partial charge in [0.1, 0.15) is 0 Å². The van der Waals surface area contributed by atoms with Crippen LogP contribution in [-0.2, 0) is 14.3 Å². The Kier molecular flexibility index (Phi) is 7.10. The van der Waals surface area contributed by atoms with E-state index in [9.17, 15) is 14.4 Å². The number of nitrogens with two attached hydrogens (primary N) is 2. The molecule has 3 amide bonds. The normalized spacial score (nSPS) is 26.7. The molecule has 0 aromatic carbocycles. The standard InChI is InChI=1S/C12H21BrN6O4S/c13-10(11(21)17-14)23-8(20)4-2-1-3-7-9-6(5-24-7)16-12(22)19(9)18-15/h6-7,9-10,18H,1-5,14-15H2,(H,16,22)(H,17,21)/t6-,7-,9-,10?/m1/s1. The molecule has 2 fully saturated rings. The molecule has 136 valence electrons. The Morgan fingerprint density at radius 2 is 2.21 bits per heavy atom. The average molecular weight is 425 g/mol. The van der Waals surface area contributed by atoms with E-state index in [1.165, 1.54) is 5.01 Å². The first-order chi connectivity index (χ1) is 11.5. The van der Waals surface area contributed by atoms with E-state index in [2.05, 4.69) is 26.8 Å². The minimum absolute atomic E-state index is 0.0135. The van der Waals surface area contributed by atoms with Crippen LogP contribution < -0.4 is 28.0 Å². The second-order valence-corrected chi connectivity index (χ2v) is 7.58. The molecule has 12 heteroatoms. The number of hydrazine groups is 3. The SMILES string of the molecule is NNC(=O)C(Br)OC(=O)CCCC[C@H]1SC[C@H]2NC(=O)N(NN)[C@H]21. The molecule has 0 aliphatic carbocycles. The van der Waals surface area contributed by atoms with Crippen LogP contribution in [0.1, 0.15) is 25.7 Å². The Morgan fingerprint density at radius 3 is 2.88 bits per heavy atom. The fourth-order valence-corrected chi connectivity index (χ4v) is 4.74. The number of halogens is 1. The van der Waals surface area contributed by atoms with Crippen molar-refractivity contribution >= 4 is 45.6 Å². The molecule has 0 bridgehead atoms. The Bertz CT molecular complexity index is 498. The molecule has 10 nitrogen and oxygen atoms in total. The molecule has 7 N–H and O–H groups in total. The van der Waals surface area contributed by atoms with Crippen LogP contribution in [0, 0.1) is 0 Å². The summed E-state index contributed by atoms with van der Waals surface area (Å²) in [6, 6.07) is -0.0972. The number of alkyl halides is 1. The molecule has 2 heterocycles.